The van der Waals surface area contributed by atoms with Crippen molar-refractivity contribution in [3.8, 4) is 0 Å². The van der Waals surface area contributed by atoms with Crippen molar-refractivity contribution >= 4 is 35.8 Å². The van der Waals surface area contributed by atoms with Gasteiger partial charge >= 0.3 is 0 Å². The van der Waals surface area contributed by atoms with Gasteiger partial charge in [-0.2, -0.15) is 0 Å². The van der Waals surface area contributed by atoms with Gasteiger partial charge < -0.3 is 20.3 Å². The zero-order valence-corrected chi connectivity index (χ0v) is 22.5. The fraction of sp³-hybridized carbons (Fsp3) is 0.680. The molecule has 6 nitrogen and oxygen atoms in total. The summed E-state index contributed by atoms with van der Waals surface area (Å²) >= 11 is 0. The van der Waals surface area contributed by atoms with Crippen molar-refractivity contribution < 1.29 is 9.53 Å². The minimum absolute atomic E-state index is 0. The van der Waals surface area contributed by atoms with Crippen LogP contribution >= 0.6 is 24.0 Å². The highest BCUT2D eigenvalue weighted by Gasteiger charge is 2.12. The number of aliphatic imine (C=N–C) groups is 1. The molecule has 0 spiro atoms. The van der Waals surface area contributed by atoms with Gasteiger partial charge in [-0.1, -0.05) is 37.8 Å². The van der Waals surface area contributed by atoms with Crippen molar-refractivity contribution in [2.75, 3.05) is 40.3 Å². The first-order chi connectivity index (χ1) is 15.1. The molecule has 32 heavy (non-hydrogen) atoms. The topological polar surface area (TPSA) is 66.0 Å². The lowest BCUT2D eigenvalue weighted by atomic mass is 10.1. The largest absolute Gasteiger partial charge is 0.378 e. The third kappa shape index (κ3) is 11.5. The molecule has 2 rings (SSSR count). The minimum Gasteiger partial charge on any atom is -0.378 e. The Morgan fingerprint density at radius 1 is 1.12 bits per heavy atom. The number of benzene rings is 1. The van der Waals surface area contributed by atoms with E-state index in [1.807, 2.05) is 18.2 Å². The zero-order chi connectivity index (χ0) is 22.3. The van der Waals surface area contributed by atoms with E-state index < -0.39 is 0 Å². The quantitative estimate of drug-likeness (QED) is 0.137. The van der Waals surface area contributed by atoms with E-state index in [1.54, 1.807) is 19.0 Å². The Labute approximate surface area is 212 Å². The van der Waals surface area contributed by atoms with Gasteiger partial charge in [0.2, 0.25) is 0 Å². The fourth-order valence-corrected chi connectivity index (χ4v) is 3.85. The maximum absolute atomic E-state index is 12.1. The van der Waals surface area contributed by atoms with Crippen molar-refractivity contribution in [1.29, 1.82) is 0 Å². The van der Waals surface area contributed by atoms with Gasteiger partial charge in [0.05, 0.1) is 6.10 Å². The molecule has 0 heterocycles. The Balaban J connectivity index is 0.00000512. The summed E-state index contributed by atoms with van der Waals surface area (Å²) in [5.74, 6) is 0.889. The normalized spacial score (nSPS) is 14.9. The van der Waals surface area contributed by atoms with Gasteiger partial charge in [-0.15, -0.1) is 24.0 Å². The number of carbonyl (C=O) groups is 1. The molecule has 0 bridgehead atoms. The Morgan fingerprint density at radius 3 is 2.56 bits per heavy atom. The number of unbranched alkanes of at least 4 members (excludes halogenated alkanes) is 1. The van der Waals surface area contributed by atoms with Gasteiger partial charge in [-0.05, 0) is 56.7 Å². The number of amides is 1. The van der Waals surface area contributed by atoms with E-state index >= 15 is 0 Å². The van der Waals surface area contributed by atoms with E-state index in [0.29, 0.717) is 6.10 Å². The molecule has 182 valence electrons. The van der Waals surface area contributed by atoms with Gasteiger partial charge in [0.1, 0.15) is 0 Å². The molecule has 1 amide bonds. The van der Waals surface area contributed by atoms with Crippen LogP contribution in [0, 0.1) is 0 Å². The maximum Gasteiger partial charge on any atom is 0.253 e. The lowest BCUT2D eigenvalue weighted by Crippen LogP contribution is -2.38. The first kappa shape index (κ1) is 28.7. The van der Waals surface area contributed by atoms with Crippen LogP contribution in [0.15, 0.2) is 29.3 Å². The third-order valence-electron chi connectivity index (χ3n) is 5.61. The fourth-order valence-electron chi connectivity index (χ4n) is 3.85. The van der Waals surface area contributed by atoms with Crippen molar-refractivity contribution in [1.82, 2.24) is 15.5 Å². The minimum atomic E-state index is 0. The van der Waals surface area contributed by atoms with E-state index in [4.69, 9.17) is 9.73 Å². The van der Waals surface area contributed by atoms with Crippen LogP contribution in [-0.2, 0) is 11.2 Å². The number of ether oxygens (including phenoxy) is 1. The molecule has 1 aromatic carbocycles. The van der Waals surface area contributed by atoms with E-state index in [0.717, 1.165) is 62.6 Å². The van der Waals surface area contributed by atoms with Crippen LogP contribution in [0.4, 0.5) is 0 Å². The molecule has 2 N–H and O–H groups in total. The standard InChI is InChI=1S/C25H42N4O2.HI/c1-4-26-25(27-17-9-10-19-31-23-14-7-5-6-8-15-23)28-18-16-21-12-11-13-22(20-21)24(30)29(2)3;/h11-13,20,23H,4-10,14-19H2,1-3H3,(H2,26,27,28);1H. The molecule has 1 aliphatic rings. The summed E-state index contributed by atoms with van der Waals surface area (Å²) in [4.78, 5) is 18.4. The van der Waals surface area contributed by atoms with Crippen LogP contribution < -0.4 is 10.6 Å². The molecule has 0 unspecified atom stereocenters. The summed E-state index contributed by atoms with van der Waals surface area (Å²) in [7, 11) is 3.55. The van der Waals surface area contributed by atoms with E-state index in [1.165, 1.54) is 38.5 Å². The van der Waals surface area contributed by atoms with Gasteiger partial charge in [0, 0.05) is 45.9 Å². The number of rotatable bonds is 11. The summed E-state index contributed by atoms with van der Waals surface area (Å²) in [5.41, 5.74) is 1.88. The number of halogens is 1. The monoisotopic (exact) mass is 558 g/mol. The van der Waals surface area contributed by atoms with Crippen LogP contribution in [0.5, 0.6) is 0 Å². The van der Waals surface area contributed by atoms with Crippen molar-refractivity contribution in [3.05, 3.63) is 35.4 Å². The Kier molecular flexibility index (Phi) is 15.4. The number of guanidine groups is 1. The molecule has 7 heteroatoms. The van der Waals surface area contributed by atoms with Crippen LogP contribution in [-0.4, -0.2) is 63.2 Å². The number of hydrogen-bond donors (Lipinski definition) is 2. The van der Waals surface area contributed by atoms with E-state index in [2.05, 4.69) is 23.6 Å². The van der Waals surface area contributed by atoms with Gasteiger partial charge in [0.15, 0.2) is 5.96 Å². The van der Waals surface area contributed by atoms with Crippen LogP contribution in [0.25, 0.3) is 0 Å². The molecule has 0 saturated heterocycles. The predicted molar refractivity (Wildman–Crippen MR) is 144 cm³/mol. The summed E-state index contributed by atoms with van der Waals surface area (Å²) in [6.07, 6.45) is 11.3. The Morgan fingerprint density at radius 2 is 1.88 bits per heavy atom. The summed E-state index contributed by atoms with van der Waals surface area (Å²) in [6, 6.07) is 7.85. The maximum atomic E-state index is 12.1. The number of nitrogens with one attached hydrogen (secondary N) is 2. The zero-order valence-electron chi connectivity index (χ0n) is 20.2. The molecule has 1 saturated carbocycles. The highest BCUT2D eigenvalue weighted by atomic mass is 127. The molecule has 0 radical (unpaired) electrons. The summed E-state index contributed by atoms with van der Waals surface area (Å²) < 4.78 is 6.07. The Hall–Kier alpha value is -1.35. The van der Waals surface area contributed by atoms with Crippen LogP contribution in [0.3, 0.4) is 0 Å². The van der Waals surface area contributed by atoms with Crippen molar-refractivity contribution in [2.45, 2.75) is 70.8 Å². The van der Waals surface area contributed by atoms with Gasteiger partial charge in [0.25, 0.3) is 5.91 Å². The lowest BCUT2D eigenvalue weighted by Gasteiger charge is -2.15. The smallest absolute Gasteiger partial charge is 0.253 e. The number of nitrogens with zero attached hydrogens (tertiary/aromatic N) is 2. The van der Waals surface area contributed by atoms with Gasteiger partial charge in [-0.3, -0.25) is 9.79 Å². The van der Waals surface area contributed by atoms with Gasteiger partial charge in [-0.25, -0.2) is 0 Å². The second-order valence-electron chi connectivity index (χ2n) is 8.53. The van der Waals surface area contributed by atoms with E-state index in [9.17, 15) is 4.79 Å². The van der Waals surface area contributed by atoms with E-state index in [-0.39, 0.29) is 29.9 Å². The SMILES string of the molecule is CCNC(=NCCCCOC1CCCCCC1)NCCc1cccc(C(=O)N(C)C)c1.I. The number of carbonyl (C=O) groups excluding carboxylic acids is 1. The third-order valence-corrected chi connectivity index (χ3v) is 5.61. The second kappa shape index (κ2) is 17.2. The van der Waals surface area contributed by atoms with Crippen molar-refractivity contribution in [2.24, 2.45) is 4.99 Å². The lowest BCUT2D eigenvalue weighted by molar-refractivity contribution is 0.0413. The first-order valence-electron chi connectivity index (χ1n) is 12.0. The summed E-state index contributed by atoms with van der Waals surface area (Å²) in [6.45, 7) is 5.34. The molecular formula is C25H43IN4O2. The molecular weight excluding hydrogens is 515 g/mol. The van der Waals surface area contributed by atoms with Crippen LogP contribution in [0.2, 0.25) is 0 Å². The molecule has 1 fully saturated rings. The van der Waals surface area contributed by atoms with Crippen molar-refractivity contribution in [3.63, 3.8) is 0 Å². The number of hydrogen-bond acceptors (Lipinski definition) is 3. The highest BCUT2D eigenvalue weighted by Crippen LogP contribution is 2.19. The first-order valence-corrected chi connectivity index (χ1v) is 12.0. The summed E-state index contributed by atoms with van der Waals surface area (Å²) in [5, 5.41) is 6.71. The highest BCUT2D eigenvalue weighted by molar-refractivity contribution is 14.0. The molecule has 1 aromatic rings. The average molecular weight is 559 g/mol. The second-order valence-corrected chi connectivity index (χ2v) is 8.53. The predicted octanol–water partition coefficient (Wildman–Crippen LogP) is 4.62. The molecule has 0 atom stereocenters. The van der Waals surface area contributed by atoms with Crippen LogP contribution in [0.1, 0.15) is 74.2 Å². The average Bonchev–Trinajstić information content (AvgIpc) is 3.04. The Bertz CT molecular complexity index is 674. The molecule has 1 aliphatic carbocycles. The molecule has 0 aliphatic heterocycles. The molecule has 0 aromatic heterocycles.